The molecule has 5 nitrogen and oxygen atoms in total. The Labute approximate surface area is 118 Å². The van der Waals surface area contributed by atoms with Gasteiger partial charge in [-0.05, 0) is 37.4 Å². The third kappa shape index (κ3) is 2.08. The molecule has 3 unspecified atom stereocenters. The van der Waals surface area contributed by atoms with Gasteiger partial charge in [-0.3, -0.25) is 0 Å². The lowest BCUT2D eigenvalue weighted by atomic mass is 9.94. The molecule has 2 aromatic rings. The maximum Gasteiger partial charge on any atom is 0.0894 e. The van der Waals surface area contributed by atoms with Gasteiger partial charge in [0.15, 0.2) is 0 Å². The van der Waals surface area contributed by atoms with E-state index in [2.05, 4.69) is 38.7 Å². The minimum absolute atomic E-state index is 0.582. The minimum Gasteiger partial charge on any atom is -0.380 e. The van der Waals surface area contributed by atoms with E-state index in [9.17, 15) is 0 Å². The molecule has 1 N–H and O–H groups in total. The molecule has 0 amide bonds. The van der Waals surface area contributed by atoms with Crippen LogP contribution in [0, 0.1) is 5.92 Å². The molecule has 104 valence electrons. The number of hydrogen-bond donors (Lipinski definition) is 1. The largest absolute Gasteiger partial charge is 0.380 e. The molecule has 2 bridgehead atoms. The van der Waals surface area contributed by atoms with Crippen molar-refractivity contribution in [1.82, 2.24) is 19.9 Å². The zero-order valence-corrected chi connectivity index (χ0v) is 11.4. The number of benzene rings is 1. The summed E-state index contributed by atoms with van der Waals surface area (Å²) in [7, 11) is 0. The normalized spacial score (nSPS) is 28.5. The standard InChI is InChI=1S/C15H19N5/c1-2-4-15(20-10-7-16-18-20)14(3-1)17-13-6-9-19-8-5-12(13)11-19/h1-4,7,10,12-13,17H,5-6,8-9,11H2. The van der Waals surface area contributed by atoms with Gasteiger partial charge in [-0.2, -0.15) is 0 Å². The fraction of sp³-hybridized carbons (Fsp3) is 0.467. The molecule has 1 aromatic heterocycles. The number of nitrogens with zero attached hydrogens (tertiary/aromatic N) is 4. The maximum atomic E-state index is 4.11. The topological polar surface area (TPSA) is 46.0 Å². The molecular formula is C15H19N5. The van der Waals surface area contributed by atoms with Gasteiger partial charge in [0.05, 0.1) is 23.8 Å². The average Bonchev–Trinajstić information content (AvgIpc) is 3.13. The van der Waals surface area contributed by atoms with Gasteiger partial charge in [-0.25, -0.2) is 4.68 Å². The van der Waals surface area contributed by atoms with Crippen LogP contribution in [0.2, 0.25) is 0 Å². The molecule has 0 spiro atoms. The first-order chi connectivity index (χ1) is 9.90. The Hall–Kier alpha value is -1.88. The summed E-state index contributed by atoms with van der Waals surface area (Å²) in [6.07, 6.45) is 6.16. The van der Waals surface area contributed by atoms with Crippen LogP contribution in [-0.2, 0) is 0 Å². The van der Waals surface area contributed by atoms with Crippen LogP contribution in [0.4, 0.5) is 5.69 Å². The van der Waals surface area contributed by atoms with Crippen LogP contribution in [0.15, 0.2) is 36.7 Å². The summed E-state index contributed by atoms with van der Waals surface area (Å²) in [4.78, 5) is 2.58. The monoisotopic (exact) mass is 269 g/mol. The Morgan fingerprint density at radius 3 is 2.95 bits per heavy atom. The molecular weight excluding hydrogens is 250 g/mol. The second kappa shape index (κ2) is 4.90. The number of hydrogen-bond acceptors (Lipinski definition) is 4. The van der Waals surface area contributed by atoms with Gasteiger partial charge in [-0.15, -0.1) is 5.10 Å². The molecule has 3 heterocycles. The van der Waals surface area contributed by atoms with E-state index in [0.717, 1.165) is 17.3 Å². The number of anilines is 1. The molecule has 0 radical (unpaired) electrons. The van der Waals surface area contributed by atoms with E-state index in [-0.39, 0.29) is 0 Å². The highest BCUT2D eigenvalue weighted by Gasteiger charge is 2.34. The zero-order valence-electron chi connectivity index (χ0n) is 11.4. The fourth-order valence-electron chi connectivity index (χ4n) is 3.47. The first-order valence-corrected chi connectivity index (χ1v) is 7.35. The van der Waals surface area contributed by atoms with Gasteiger partial charge in [0, 0.05) is 19.1 Å². The number of rotatable bonds is 3. The van der Waals surface area contributed by atoms with Crippen molar-refractivity contribution in [2.75, 3.05) is 25.0 Å². The Bertz CT molecular complexity index is 580. The van der Waals surface area contributed by atoms with Gasteiger partial charge in [0.25, 0.3) is 0 Å². The third-order valence-electron chi connectivity index (χ3n) is 4.55. The number of para-hydroxylation sites is 2. The first-order valence-electron chi connectivity index (χ1n) is 7.35. The zero-order chi connectivity index (χ0) is 13.4. The van der Waals surface area contributed by atoms with Crippen molar-refractivity contribution in [1.29, 1.82) is 0 Å². The number of aromatic nitrogens is 3. The maximum absolute atomic E-state index is 4.11. The van der Waals surface area contributed by atoms with E-state index in [1.54, 1.807) is 6.20 Å². The Kier molecular flexibility index (Phi) is 2.92. The summed E-state index contributed by atoms with van der Waals surface area (Å²) in [5.74, 6) is 0.785. The summed E-state index contributed by atoms with van der Waals surface area (Å²) >= 11 is 0. The molecule has 1 aromatic carbocycles. The van der Waals surface area contributed by atoms with Crippen molar-refractivity contribution >= 4 is 5.69 Å². The van der Waals surface area contributed by atoms with Gasteiger partial charge in [0.2, 0.25) is 0 Å². The van der Waals surface area contributed by atoms with Crippen molar-refractivity contribution in [3.8, 4) is 5.69 Å². The van der Waals surface area contributed by atoms with E-state index >= 15 is 0 Å². The highest BCUT2D eigenvalue weighted by molar-refractivity contribution is 5.61. The van der Waals surface area contributed by atoms with Crippen LogP contribution < -0.4 is 5.32 Å². The summed E-state index contributed by atoms with van der Waals surface area (Å²) in [6, 6.07) is 8.92. The first kappa shape index (κ1) is 11.9. The highest BCUT2D eigenvalue weighted by atomic mass is 15.4. The highest BCUT2D eigenvalue weighted by Crippen LogP contribution is 2.30. The molecule has 2 aliphatic heterocycles. The van der Waals surface area contributed by atoms with Crippen molar-refractivity contribution in [2.45, 2.75) is 18.9 Å². The van der Waals surface area contributed by atoms with Crippen molar-refractivity contribution in [3.63, 3.8) is 0 Å². The van der Waals surface area contributed by atoms with Crippen LogP contribution in [0.25, 0.3) is 5.69 Å². The van der Waals surface area contributed by atoms with Gasteiger partial charge >= 0.3 is 0 Å². The Morgan fingerprint density at radius 1 is 1.15 bits per heavy atom. The lowest BCUT2D eigenvalue weighted by Crippen LogP contribution is -2.39. The Morgan fingerprint density at radius 2 is 2.05 bits per heavy atom. The number of nitrogens with one attached hydrogen (secondary N) is 1. The predicted octanol–water partition coefficient (Wildman–Crippen LogP) is 1.77. The summed E-state index contributed by atoms with van der Waals surface area (Å²) < 4.78 is 1.83. The van der Waals surface area contributed by atoms with E-state index in [1.165, 1.54) is 32.5 Å². The van der Waals surface area contributed by atoms with E-state index < -0.39 is 0 Å². The van der Waals surface area contributed by atoms with Crippen LogP contribution in [0.3, 0.4) is 0 Å². The molecule has 2 fully saturated rings. The smallest absolute Gasteiger partial charge is 0.0894 e. The van der Waals surface area contributed by atoms with Gasteiger partial charge in [-0.1, -0.05) is 17.3 Å². The van der Waals surface area contributed by atoms with E-state index in [4.69, 9.17) is 0 Å². The van der Waals surface area contributed by atoms with Gasteiger partial charge < -0.3 is 10.2 Å². The molecule has 0 saturated carbocycles. The molecule has 0 aliphatic carbocycles. The van der Waals surface area contributed by atoms with Crippen LogP contribution in [0.5, 0.6) is 0 Å². The Balaban J connectivity index is 1.60. The molecule has 2 aliphatic rings. The van der Waals surface area contributed by atoms with E-state index in [0.29, 0.717) is 6.04 Å². The quantitative estimate of drug-likeness (QED) is 0.922. The SMILES string of the molecule is c1ccc(-n2ccnn2)c(NC2CCN3CCC2C3)c1. The molecule has 2 saturated heterocycles. The van der Waals surface area contributed by atoms with Crippen molar-refractivity contribution < 1.29 is 0 Å². The second-order valence-corrected chi connectivity index (χ2v) is 5.75. The molecule has 3 atom stereocenters. The number of fused-ring (bicyclic) bond motifs is 2. The predicted molar refractivity (Wildman–Crippen MR) is 77.9 cm³/mol. The second-order valence-electron chi connectivity index (χ2n) is 5.75. The van der Waals surface area contributed by atoms with E-state index in [1.807, 2.05) is 16.9 Å². The number of piperidine rings is 1. The fourth-order valence-corrected chi connectivity index (χ4v) is 3.47. The van der Waals surface area contributed by atoms with Gasteiger partial charge in [0.1, 0.15) is 0 Å². The average molecular weight is 269 g/mol. The van der Waals surface area contributed by atoms with Crippen molar-refractivity contribution in [2.24, 2.45) is 5.92 Å². The summed E-state index contributed by atoms with van der Waals surface area (Å²) in [6.45, 7) is 3.75. The van der Waals surface area contributed by atoms with Crippen LogP contribution >= 0.6 is 0 Å². The van der Waals surface area contributed by atoms with Crippen LogP contribution in [-0.4, -0.2) is 45.6 Å². The molecule has 5 heteroatoms. The third-order valence-corrected chi connectivity index (χ3v) is 4.55. The minimum atomic E-state index is 0.582. The lowest BCUT2D eigenvalue weighted by Gasteiger charge is -2.32. The summed E-state index contributed by atoms with van der Waals surface area (Å²) in [5, 5.41) is 11.8. The molecule has 20 heavy (non-hydrogen) atoms. The van der Waals surface area contributed by atoms with Crippen molar-refractivity contribution in [3.05, 3.63) is 36.7 Å². The van der Waals surface area contributed by atoms with Crippen LogP contribution in [0.1, 0.15) is 12.8 Å². The summed E-state index contributed by atoms with van der Waals surface area (Å²) in [5.41, 5.74) is 2.23. The lowest BCUT2D eigenvalue weighted by molar-refractivity contribution is 0.255. The molecule has 4 rings (SSSR count).